The minimum Gasteiger partial charge on any atom is -0.493 e. The molecule has 0 atom stereocenters. The molecule has 3 aromatic rings. The van der Waals surface area contributed by atoms with E-state index in [0.717, 1.165) is 40.8 Å². The summed E-state index contributed by atoms with van der Waals surface area (Å²) in [6.07, 6.45) is 3.37. The highest BCUT2D eigenvalue weighted by Gasteiger charge is 2.08. The van der Waals surface area contributed by atoms with Gasteiger partial charge in [0.05, 0.1) is 17.8 Å². The zero-order valence-electron chi connectivity index (χ0n) is 13.3. The summed E-state index contributed by atoms with van der Waals surface area (Å²) in [5, 5.41) is 1.01. The Bertz CT molecular complexity index is 783. The fourth-order valence-electron chi connectivity index (χ4n) is 2.57. The second-order valence-electron chi connectivity index (χ2n) is 5.59. The van der Waals surface area contributed by atoms with E-state index in [2.05, 4.69) is 11.9 Å². The Balaban J connectivity index is 1.97. The third-order valence-corrected chi connectivity index (χ3v) is 3.82. The lowest BCUT2D eigenvalue weighted by molar-refractivity contribution is 0.309. The molecule has 0 fully saturated rings. The van der Waals surface area contributed by atoms with Crippen LogP contribution >= 0.6 is 0 Å². The van der Waals surface area contributed by atoms with Crippen LogP contribution in [0.25, 0.3) is 22.2 Å². The molecule has 2 aromatic carbocycles. The topological polar surface area (TPSA) is 22.1 Å². The summed E-state index contributed by atoms with van der Waals surface area (Å²) in [4.78, 5) is 4.68. The van der Waals surface area contributed by atoms with Crippen molar-refractivity contribution in [3.8, 4) is 17.0 Å². The maximum absolute atomic E-state index is 13.1. The second kappa shape index (κ2) is 7.23. The SMILES string of the molecule is CCCCCOc1cc(-c2ccc(F)cc2)nc2ccccc12. The fourth-order valence-corrected chi connectivity index (χ4v) is 2.57. The summed E-state index contributed by atoms with van der Waals surface area (Å²) >= 11 is 0. The van der Waals surface area contributed by atoms with Crippen LogP contribution in [0.5, 0.6) is 5.75 Å². The molecule has 0 N–H and O–H groups in total. The van der Waals surface area contributed by atoms with Crippen molar-refractivity contribution in [2.75, 3.05) is 6.61 Å². The molecule has 23 heavy (non-hydrogen) atoms. The molecule has 2 nitrogen and oxygen atoms in total. The van der Waals surface area contributed by atoms with Crippen molar-refractivity contribution in [3.05, 3.63) is 60.4 Å². The molecule has 0 bridgehead atoms. The Morgan fingerprint density at radius 2 is 1.78 bits per heavy atom. The number of ether oxygens (including phenoxy) is 1. The number of benzene rings is 2. The summed E-state index contributed by atoms with van der Waals surface area (Å²) < 4.78 is 19.1. The minimum atomic E-state index is -0.245. The van der Waals surface area contributed by atoms with Crippen LogP contribution in [0, 0.1) is 5.82 Å². The zero-order chi connectivity index (χ0) is 16.1. The largest absolute Gasteiger partial charge is 0.493 e. The van der Waals surface area contributed by atoms with Crippen LogP contribution in [0.2, 0.25) is 0 Å². The van der Waals surface area contributed by atoms with Crippen molar-refractivity contribution in [1.29, 1.82) is 0 Å². The number of rotatable bonds is 6. The third kappa shape index (κ3) is 3.67. The monoisotopic (exact) mass is 309 g/mol. The van der Waals surface area contributed by atoms with Gasteiger partial charge in [-0.25, -0.2) is 9.37 Å². The molecular weight excluding hydrogens is 289 g/mol. The smallest absolute Gasteiger partial charge is 0.130 e. The van der Waals surface area contributed by atoms with Gasteiger partial charge < -0.3 is 4.74 Å². The van der Waals surface area contributed by atoms with Crippen LogP contribution in [0.1, 0.15) is 26.2 Å². The molecule has 0 aliphatic heterocycles. The minimum absolute atomic E-state index is 0.245. The van der Waals surface area contributed by atoms with Gasteiger partial charge >= 0.3 is 0 Å². The number of nitrogens with zero attached hydrogens (tertiary/aromatic N) is 1. The molecule has 0 amide bonds. The molecule has 0 spiro atoms. The van der Waals surface area contributed by atoms with Crippen molar-refractivity contribution in [2.24, 2.45) is 0 Å². The van der Waals surface area contributed by atoms with Gasteiger partial charge in [-0.05, 0) is 42.8 Å². The van der Waals surface area contributed by atoms with Gasteiger partial charge in [-0.1, -0.05) is 31.9 Å². The first-order valence-electron chi connectivity index (χ1n) is 8.06. The van der Waals surface area contributed by atoms with E-state index in [-0.39, 0.29) is 5.82 Å². The van der Waals surface area contributed by atoms with Crippen LogP contribution in [0.4, 0.5) is 4.39 Å². The van der Waals surface area contributed by atoms with Gasteiger partial charge in [-0.15, -0.1) is 0 Å². The number of aromatic nitrogens is 1. The predicted molar refractivity (Wildman–Crippen MR) is 92.2 cm³/mol. The van der Waals surface area contributed by atoms with Crippen LogP contribution < -0.4 is 4.74 Å². The third-order valence-electron chi connectivity index (χ3n) is 3.82. The van der Waals surface area contributed by atoms with Gasteiger partial charge in [-0.3, -0.25) is 0 Å². The van der Waals surface area contributed by atoms with Gasteiger partial charge in [0, 0.05) is 17.0 Å². The van der Waals surface area contributed by atoms with E-state index in [9.17, 15) is 4.39 Å². The number of hydrogen-bond donors (Lipinski definition) is 0. The summed E-state index contributed by atoms with van der Waals surface area (Å²) in [6.45, 7) is 2.87. The highest BCUT2D eigenvalue weighted by Crippen LogP contribution is 2.30. The quantitative estimate of drug-likeness (QED) is 0.552. The first-order valence-corrected chi connectivity index (χ1v) is 8.06. The van der Waals surface area contributed by atoms with Gasteiger partial charge in [0.25, 0.3) is 0 Å². The van der Waals surface area contributed by atoms with Crippen LogP contribution in [0.3, 0.4) is 0 Å². The Morgan fingerprint density at radius 1 is 1.00 bits per heavy atom. The molecule has 118 valence electrons. The van der Waals surface area contributed by atoms with Gasteiger partial charge in [0.1, 0.15) is 11.6 Å². The van der Waals surface area contributed by atoms with Gasteiger partial charge in [-0.2, -0.15) is 0 Å². The molecule has 0 radical (unpaired) electrons. The Kier molecular flexibility index (Phi) is 4.86. The molecule has 0 saturated heterocycles. The van der Waals surface area contributed by atoms with E-state index in [4.69, 9.17) is 4.74 Å². The summed E-state index contributed by atoms with van der Waals surface area (Å²) in [5.41, 5.74) is 2.57. The van der Waals surface area contributed by atoms with Crippen LogP contribution in [0.15, 0.2) is 54.6 Å². The van der Waals surface area contributed by atoms with E-state index < -0.39 is 0 Å². The standard InChI is InChI=1S/C20H20FNO/c1-2-3-6-13-23-20-14-19(15-9-11-16(21)12-10-15)22-18-8-5-4-7-17(18)20/h4-5,7-12,14H,2-3,6,13H2,1H3. The zero-order valence-corrected chi connectivity index (χ0v) is 13.3. The Hall–Kier alpha value is -2.42. The highest BCUT2D eigenvalue weighted by atomic mass is 19.1. The molecule has 3 rings (SSSR count). The lowest BCUT2D eigenvalue weighted by atomic mass is 10.1. The van der Waals surface area contributed by atoms with E-state index in [1.165, 1.54) is 18.6 Å². The average molecular weight is 309 g/mol. The molecule has 1 heterocycles. The van der Waals surface area contributed by atoms with Crippen LogP contribution in [-0.4, -0.2) is 11.6 Å². The van der Waals surface area contributed by atoms with E-state index in [0.29, 0.717) is 6.61 Å². The van der Waals surface area contributed by atoms with Crippen molar-refractivity contribution in [3.63, 3.8) is 0 Å². The van der Waals surface area contributed by atoms with E-state index in [1.807, 2.05) is 30.3 Å². The number of pyridine rings is 1. The number of fused-ring (bicyclic) bond motifs is 1. The molecular formula is C20H20FNO. The van der Waals surface area contributed by atoms with Crippen LogP contribution in [-0.2, 0) is 0 Å². The maximum atomic E-state index is 13.1. The Labute approximate surface area is 135 Å². The molecule has 3 heteroatoms. The second-order valence-corrected chi connectivity index (χ2v) is 5.59. The van der Waals surface area contributed by atoms with Gasteiger partial charge in [0.2, 0.25) is 0 Å². The van der Waals surface area contributed by atoms with Gasteiger partial charge in [0.15, 0.2) is 0 Å². The maximum Gasteiger partial charge on any atom is 0.130 e. The number of halogens is 1. The molecule has 0 saturated carbocycles. The molecule has 1 aromatic heterocycles. The lowest BCUT2D eigenvalue weighted by Gasteiger charge is -2.11. The lowest BCUT2D eigenvalue weighted by Crippen LogP contribution is -1.99. The van der Waals surface area contributed by atoms with E-state index >= 15 is 0 Å². The Morgan fingerprint density at radius 3 is 2.57 bits per heavy atom. The average Bonchev–Trinajstić information content (AvgIpc) is 2.59. The van der Waals surface area contributed by atoms with Crippen molar-refractivity contribution in [1.82, 2.24) is 4.98 Å². The summed E-state index contributed by atoms with van der Waals surface area (Å²) in [6, 6.07) is 16.3. The highest BCUT2D eigenvalue weighted by molar-refractivity contribution is 5.87. The van der Waals surface area contributed by atoms with Crippen molar-refractivity contribution < 1.29 is 9.13 Å². The molecule has 0 aliphatic rings. The molecule has 0 unspecified atom stereocenters. The first kappa shape index (κ1) is 15.5. The fraction of sp³-hybridized carbons (Fsp3) is 0.250. The number of para-hydroxylation sites is 1. The van der Waals surface area contributed by atoms with Crippen molar-refractivity contribution >= 4 is 10.9 Å². The number of hydrogen-bond acceptors (Lipinski definition) is 2. The summed E-state index contributed by atoms with van der Waals surface area (Å²) in [5.74, 6) is 0.594. The summed E-state index contributed by atoms with van der Waals surface area (Å²) in [7, 11) is 0. The predicted octanol–water partition coefficient (Wildman–Crippen LogP) is 5.61. The first-order chi connectivity index (χ1) is 11.3. The van der Waals surface area contributed by atoms with Crippen molar-refractivity contribution in [2.45, 2.75) is 26.2 Å². The number of unbranched alkanes of at least 4 members (excludes halogenated alkanes) is 2. The normalized spacial score (nSPS) is 10.9. The molecule has 0 aliphatic carbocycles. The van der Waals surface area contributed by atoms with E-state index in [1.54, 1.807) is 12.1 Å².